The van der Waals surface area contributed by atoms with E-state index in [4.69, 9.17) is 0 Å². The van der Waals surface area contributed by atoms with Gasteiger partial charge in [0.1, 0.15) is 22.3 Å². The highest BCUT2D eigenvalue weighted by Gasteiger charge is 2.40. The van der Waals surface area contributed by atoms with Gasteiger partial charge in [-0.25, -0.2) is 8.42 Å². The minimum absolute atomic E-state index is 0.325. The fourth-order valence-electron chi connectivity index (χ4n) is 2.20. The Morgan fingerprint density at radius 3 is 2.43 bits per heavy atom. The smallest absolute Gasteiger partial charge is 0.138 e. The lowest BCUT2D eigenvalue weighted by atomic mass is 10.2. The van der Waals surface area contributed by atoms with Crippen LogP contribution in [-0.4, -0.2) is 32.2 Å². The fourth-order valence-corrected chi connectivity index (χ4v) is 13.9. The zero-order valence-electron chi connectivity index (χ0n) is 13.0. The van der Waals surface area contributed by atoms with E-state index >= 15 is 0 Å². The summed E-state index contributed by atoms with van der Waals surface area (Å²) in [7, 11) is -4.94. The monoisotopic (exact) mass is 361 g/mol. The third-order valence-electron chi connectivity index (χ3n) is 3.23. The molecule has 0 bridgehead atoms. The van der Waals surface area contributed by atoms with Crippen molar-refractivity contribution in [2.24, 2.45) is 0 Å². The van der Waals surface area contributed by atoms with Crippen molar-refractivity contribution >= 4 is 40.9 Å². The SMILES string of the molecule is Cc1ccc(S(=O)(=O)[N-][S+]2CCCS[C@H]2[Si](C)(C)C)cc1. The predicted octanol–water partition coefficient (Wildman–Crippen LogP) is 3.93. The molecule has 7 heteroatoms. The largest absolute Gasteiger partial charge is 0.312 e. The minimum Gasteiger partial charge on any atom is -0.312 e. The Labute approximate surface area is 136 Å². The van der Waals surface area contributed by atoms with Crippen molar-refractivity contribution in [1.29, 1.82) is 0 Å². The zero-order valence-corrected chi connectivity index (χ0v) is 16.4. The van der Waals surface area contributed by atoms with Crippen LogP contribution in [0.3, 0.4) is 0 Å². The van der Waals surface area contributed by atoms with Gasteiger partial charge in [0.15, 0.2) is 0 Å². The summed E-state index contributed by atoms with van der Waals surface area (Å²) < 4.78 is 29.8. The Hall–Kier alpha value is 0.0469. The highest BCUT2D eigenvalue weighted by molar-refractivity contribution is 8.25. The summed E-state index contributed by atoms with van der Waals surface area (Å²) in [4.78, 5) is 0.325. The van der Waals surface area contributed by atoms with Gasteiger partial charge in [-0.2, -0.15) is 0 Å². The van der Waals surface area contributed by atoms with Gasteiger partial charge in [-0.15, -0.1) is 11.8 Å². The second-order valence-corrected chi connectivity index (χ2v) is 17.7. The third-order valence-corrected chi connectivity index (χ3v) is 15.7. The van der Waals surface area contributed by atoms with Crippen LogP contribution < -0.4 is 0 Å². The van der Waals surface area contributed by atoms with Crippen LogP contribution in [0.25, 0.3) is 4.13 Å². The van der Waals surface area contributed by atoms with Crippen molar-refractivity contribution in [2.45, 2.75) is 42.1 Å². The van der Waals surface area contributed by atoms with Gasteiger partial charge in [0.05, 0.1) is 10.6 Å². The first kappa shape index (κ1) is 17.4. The van der Waals surface area contributed by atoms with Crippen molar-refractivity contribution in [3.8, 4) is 0 Å². The van der Waals surface area contributed by atoms with Crippen LogP contribution in [-0.2, 0) is 21.1 Å². The number of benzene rings is 1. The van der Waals surface area contributed by atoms with Gasteiger partial charge in [-0.1, -0.05) is 48.4 Å². The van der Waals surface area contributed by atoms with E-state index in [9.17, 15) is 8.42 Å². The van der Waals surface area contributed by atoms with Gasteiger partial charge in [0.25, 0.3) is 0 Å². The maximum Gasteiger partial charge on any atom is 0.138 e. The molecular formula is C14H23NO2S3Si. The van der Waals surface area contributed by atoms with Gasteiger partial charge in [0, 0.05) is 12.2 Å². The molecule has 21 heavy (non-hydrogen) atoms. The van der Waals surface area contributed by atoms with Gasteiger partial charge in [-0.05, 0) is 19.1 Å². The van der Waals surface area contributed by atoms with E-state index in [1.165, 1.54) is 0 Å². The average molecular weight is 362 g/mol. The summed E-state index contributed by atoms with van der Waals surface area (Å²) in [6.07, 6.45) is 1.07. The molecule has 0 spiro atoms. The number of hydrogen-bond donors (Lipinski definition) is 0. The summed E-state index contributed by atoms with van der Waals surface area (Å²) in [5.74, 6) is 2.06. The summed E-state index contributed by atoms with van der Waals surface area (Å²) in [6.45, 7) is 8.88. The van der Waals surface area contributed by atoms with Crippen LogP contribution in [0.15, 0.2) is 29.2 Å². The number of hydrogen-bond acceptors (Lipinski definition) is 3. The van der Waals surface area contributed by atoms with Crippen molar-refractivity contribution < 1.29 is 8.42 Å². The quantitative estimate of drug-likeness (QED) is 0.603. The molecule has 2 atom stereocenters. The summed E-state index contributed by atoms with van der Waals surface area (Å²) >= 11 is 1.57. The Kier molecular flexibility index (Phi) is 5.52. The van der Waals surface area contributed by atoms with Crippen LogP contribution in [0.1, 0.15) is 12.0 Å². The molecule has 1 aromatic carbocycles. The molecule has 1 fully saturated rings. The summed E-state index contributed by atoms with van der Waals surface area (Å²) in [5.41, 5.74) is 1.06. The van der Waals surface area contributed by atoms with E-state index in [-0.39, 0.29) is 11.1 Å². The van der Waals surface area contributed by atoms with E-state index in [2.05, 4.69) is 23.8 Å². The zero-order chi connectivity index (χ0) is 15.7. The second-order valence-electron chi connectivity index (χ2n) is 6.39. The molecule has 1 heterocycles. The van der Waals surface area contributed by atoms with E-state index < -0.39 is 18.1 Å². The summed E-state index contributed by atoms with van der Waals surface area (Å²) in [5, 5.41) is 0. The molecule has 0 radical (unpaired) electrons. The first-order valence-corrected chi connectivity index (χ1v) is 14.5. The predicted molar refractivity (Wildman–Crippen MR) is 98.2 cm³/mol. The van der Waals surface area contributed by atoms with E-state index in [1.54, 1.807) is 12.1 Å². The standard InChI is InChI=1S/C14H23NO2S3Si/c1-12-6-8-13(9-7-12)20(16,17)15-19-11-5-10-18-14(19)21(2,3)4/h6-9,14H,5,10-11H2,1-4H3/t14-,19?/m1/s1. The molecule has 2 rings (SSSR count). The molecule has 0 amide bonds. The molecule has 0 aromatic heterocycles. The molecule has 118 valence electrons. The number of thioether (sulfide) groups is 1. The number of rotatable bonds is 4. The van der Waals surface area contributed by atoms with Gasteiger partial charge in [0.2, 0.25) is 0 Å². The van der Waals surface area contributed by atoms with E-state index in [0.29, 0.717) is 9.10 Å². The number of nitrogens with zero attached hydrogens (tertiary/aromatic N) is 1. The van der Waals surface area contributed by atoms with Gasteiger partial charge in [-0.3, -0.25) is 0 Å². The maximum atomic E-state index is 12.5. The van der Waals surface area contributed by atoms with Crippen LogP contribution in [0.5, 0.6) is 0 Å². The number of sulfonamides is 1. The third kappa shape index (κ3) is 4.51. The average Bonchev–Trinajstić information content (AvgIpc) is 2.38. The molecule has 1 aliphatic rings. The van der Waals surface area contributed by atoms with Crippen LogP contribution in [0.4, 0.5) is 0 Å². The van der Waals surface area contributed by atoms with Gasteiger partial charge < -0.3 is 4.13 Å². The Morgan fingerprint density at radius 2 is 1.86 bits per heavy atom. The lowest BCUT2D eigenvalue weighted by Crippen LogP contribution is -2.45. The molecule has 1 aromatic rings. The fraction of sp³-hybridized carbons (Fsp3) is 0.571. The highest BCUT2D eigenvalue weighted by atomic mass is 32.3. The van der Waals surface area contributed by atoms with Crippen molar-refractivity contribution in [3.05, 3.63) is 34.0 Å². The molecule has 0 N–H and O–H groups in total. The maximum absolute atomic E-state index is 12.5. The molecule has 1 aliphatic heterocycles. The molecule has 1 unspecified atom stereocenters. The Morgan fingerprint density at radius 1 is 1.24 bits per heavy atom. The minimum atomic E-state index is -3.52. The number of aryl methyl sites for hydroxylation is 1. The van der Waals surface area contributed by atoms with E-state index in [0.717, 1.165) is 23.5 Å². The van der Waals surface area contributed by atoms with Crippen molar-refractivity contribution in [3.63, 3.8) is 0 Å². The first-order chi connectivity index (χ1) is 9.70. The molecule has 3 nitrogen and oxygen atoms in total. The van der Waals surface area contributed by atoms with Crippen molar-refractivity contribution in [1.82, 2.24) is 0 Å². The lowest BCUT2D eigenvalue weighted by molar-refractivity contribution is 0.604. The van der Waals surface area contributed by atoms with Crippen LogP contribution in [0, 0.1) is 6.92 Å². The molecule has 1 saturated heterocycles. The van der Waals surface area contributed by atoms with Crippen molar-refractivity contribution in [2.75, 3.05) is 11.5 Å². The second kappa shape index (κ2) is 6.66. The van der Waals surface area contributed by atoms with E-state index in [1.807, 2.05) is 30.8 Å². The lowest BCUT2D eigenvalue weighted by Gasteiger charge is -2.37. The Balaban J connectivity index is 2.20. The summed E-state index contributed by atoms with van der Waals surface area (Å²) in [6, 6.07) is 6.99. The topological polar surface area (TPSA) is 48.2 Å². The molecular weight excluding hydrogens is 338 g/mol. The normalized spacial score (nSPS) is 24.0. The molecule has 0 saturated carbocycles. The highest BCUT2D eigenvalue weighted by Crippen LogP contribution is 2.39. The molecule has 0 aliphatic carbocycles. The van der Waals surface area contributed by atoms with Gasteiger partial charge >= 0.3 is 0 Å². The first-order valence-electron chi connectivity index (χ1n) is 7.06. The van der Waals surface area contributed by atoms with Crippen LogP contribution in [0.2, 0.25) is 19.6 Å². The van der Waals surface area contributed by atoms with Crippen LogP contribution >= 0.6 is 11.8 Å². The Bertz CT molecular complexity index is 581.